The number of amides is 1. The third-order valence-electron chi connectivity index (χ3n) is 4.02. The largest absolute Gasteiger partial charge is 0.496 e. The topological polar surface area (TPSA) is 50.8 Å². The van der Waals surface area contributed by atoms with Crippen molar-refractivity contribution in [1.82, 2.24) is 4.90 Å². The first-order valence-corrected chi connectivity index (χ1v) is 7.82. The van der Waals surface area contributed by atoms with Gasteiger partial charge in [0.25, 0.3) is 0 Å². The Morgan fingerprint density at radius 2 is 1.62 bits per heavy atom. The molecule has 128 valence electrons. The Labute approximate surface area is 143 Å². The molecular formula is C19H24N2O3. The normalized spacial score (nSPS) is 11.9. The summed E-state index contributed by atoms with van der Waals surface area (Å²) in [5, 5.41) is 2.92. The molecule has 0 fully saturated rings. The van der Waals surface area contributed by atoms with Gasteiger partial charge in [-0.25, -0.2) is 0 Å². The average molecular weight is 328 g/mol. The molecule has 1 N–H and O–H groups in total. The molecule has 0 bridgehead atoms. The number of nitrogens with zero attached hydrogens (tertiary/aromatic N) is 1. The van der Waals surface area contributed by atoms with Gasteiger partial charge in [-0.3, -0.25) is 9.69 Å². The molecular weight excluding hydrogens is 304 g/mol. The summed E-state index contributed by atoms with van der Waals surface area (Å²) in [5.41, 5.74) is 1.71. The van der Waals surface area contributed by atoms with E-state index in [1.807, 2.05) is 67.4 Å². The van der Waals surface area contributed by atoms with Crippen molar-refractivity contribution in [1.29, 1.82) is 0 Å². The number of anilines is 1. The molecule has 0 spiro atoms. The summed E-state index contributed by atoms with van der Waals surface area (Å²) in [6, 6.07) is 14.9. The van der Waals surface area contributed by atoms with Crippen LogP contribution in [0.1, 0.15) is 12.5 Å². The van der Waals surface area contributed by atoms with E-state index in [0.717, 1.165) is 11.3 Å². The third kappa shape index (κ3) is 4.26. The lowest BCUT2D eigenvalue weighted by molar-refractivity contribution is -0.120. The Morgan fingerprint density at radius 3 is 2.29 bits per heavy atom. The predicted octanol–water partition coefficient (Wildman–Crippen LogP) is 3.16. The molecule has 2 aromatic rings. The van der Waals surface area contributed by atoms with E-state index in [1.54, 1.807) is 14.2 Å². The van der Waals surface area contributed by atoms with Crippen molar-refractivity contribution in [2.45, 2.75) is 19.5 Å². The molecule has 0 radical (unpaired) electrons. The van der Waals surface area contributed by atoms with Crippen LogP contribution in [-0.4, -0.2) is 38.1 Å². The molecule has 2 aromatic carbocycles. The third-order valence-corrected chi connectivity index (χ3v) is 4.02. The number of carbonyl (C=O) groups excluding carboxylic acids is 1. The standard InChI is InChI=1S/C19H24N2O3/c1-14(19(22)20-16-10-6-8-12-18(16)24-4)21(2)13-15-9-5-7-11-17(15)23-3/h5-12,14H,13H2,1-4H3,(H,20,22)/t14-/m0/s1. The van der Waals surface area contributed by atoms with Gasteiger partial charge in [0.15, 0.2) is 0 Å². The molecule has 1 atom stereocenters. The molecule has 24 heavy (non-hydrogen) atoms. The minimum atomic E-state index is -0.306. The van der Waals surface area contributed by atoms with Gasteiger partial charge in [0.2, 0.25) is 5.91 Å². The number of ether oxygens (including phenoxy) is 2. The first-order chi connectivity index (χ1) is 11.6. The Morgan fingerprint density at radius 1 is 1.04 bits per heavy atom. The fourth-order valence-electron chi connectivity index (χ4n) is 2.42. The fraction of sp³-hybridized carbons (Fsp3) is 0.316. The van der Waals surface area contributed by atoms with E-state index in [4.69, 9.17) is 9.47 Å². The van der Waals surface area contributed by atoms with Crippen LogP contribution in [0.3, 0.4) is 0 Å². The highest BCUT2D eigenvalue weighted by atomic mass is 16.5. The molecule has 5 nitrogen and oxygen atoms in total. The van der Waals surface area contributed by atoms with Crippen LogP contribution in [-0.2, 0) is 11.3 Å². The Bertz CT molecular complexity index is 688. The first-order valence-electron chi connectivity index (χ1n) is 7.82. The van der Waals surface area contributed by atoms with Gasteiger partial charge in [-0.1, -0.05) is 30.3 Å². The summed E-state index contributed by atoms with van der Waals surface area (Å²) in [6.07, 6.45) is 0. The molecule has 0 aliphatic carbocycles. The van der Waals surface area contributed by atoms with Crippen molar-refractivity contribution < 1.29 is 14.3 Å². The van der Waals surface area contributed by atoms with Gasteiger partial charge in [-0.15, -0.1) is 0 Å². The number of rotatable bonds is 7. The molecule has 0 saturated carbocycles. The van der Waals surface area contributed by atoms with Crippen molar-refractivity contribution in [3.63, 3.8) is 0 Å². The molecule has 0 aliphatic rings. The smallest absolute Gasteiger partial charge is 0.241 e. The fourth-order valence-corrected chi connectivity index (χ4v) is 2.42. The quantitative estimate of drug-likeness (QED) is 0.848. The zero-order valence-corrected chi connectivity index (χ0v) is 14.6. The minimum absolute atomic E-state index is 0.0862. The van der Waals surface area contributed by atoms with E-state index in [2.05, 4.69) is 5.32 Å². The van der Waals surface area contributed by atoms with Crippen molar-refractivity contribution in [3.05, 3.63) is 54.1 Å². The van der Waals surface area contributed by atoms with Crippen LogP contribution in [0.5, 0.6) is 11.5 Å². The lowest BCUT2D eigenvalue weighted by Crippen LogP contribution is -2.39. The van der Waals surface area contributed by atoms with Gasteiger partial charge in [0, 0.05) is 12.1 Å². The van der Waals surface area contributed by atoms with Crippen LogP contribution < -0.4 is 14.8 Å². The van der Waals surface area contributed by atoms with Crippen molar-refractivity contribution in [3.8, 4) is 11.5 Å². The van der Waals surface area contributed by atoms with Crippen LogP contribution in [0, 0.1) is 0 Å². The molecule has 0 heterocycles. The number of nitrogens with one attached hydrogen (secondary N) is 1. The average Bonchev–Trinajstić information content (AvgIpc) is 2.61. The highest BCUT2D eigenvalue weighted by Gasteiger charge is 2.20. The summed E-state index contributed by atoms with van der Waals surface area (Å²) in [6.45, 7) is 2.49. The number of carbonyl (C=O) groups is 1. The van der Waals surface area contributed by atoms with Crippen LogP contribution >= 0.6 is 0 Å². The number of hydrogen-bond donors (Lipinski definition) is 1. The van der Waals surface area contributed by atoms with Crippen LogP contribution in [0.4, 0.5) is 5.69 Å². The van der Waals surface area contributed by atoms with E-state index in [-0.39, 0.29) is 11.9 Å². The number of methoxy groups -OCH3 is 2. The molecule has 0 unspecified atom stereocenters. The van der Waals surface area contributed by atoms with Crippen molar-refractivity contribution in [2.75, 3.05) is 26.6 Å². The van der Waals surface area contributed by atoms with Crippen LogP contribution in [0.2, 0.25) is 0 Å². The molecule has 0 aromatic heterocycles. The molecule has 0 saturated heterocycles. The molecule has 1 amide bonds. The van der Waals surface area contributed by atoms with Crippen LogP contribution in [0.15, 0.2) is 48.5 Å². The van der Waals surface area contributed by atoms with Gasteiger partial charge in [-0.05, 0) is 32.2 Å². The number of para-hydroxylation sites is 3. The van der Waals surface area contributed by atoms with Crippen molar-refractivity contribution in [2.24, 2.45) is 0 Å². The summed E-state index contributed by atoms with van der Waals surface area (Å²) in [7, 11) is 5.15. The number of likely N-dealkylation sites (N-methyl/N-ethyl adjacent to an activating group) is 1. The first kappa shape index (κ1) is 17.8. The lowest BCUT2D eigenvalue weighted by atomic mass is 10.1. The highest BCUT2D eigenvalue weighted by molar-refractivity contribution is 5.95. The van der Waals surface area contributed by atoms with E-state index < -0.39 is 0 Å². The van der Waals surface area contributed by atoms with Gasteiger partial charge in [-0.2, -0.15) is 0 Å². The van der Waals surface area contributed by atoms with Crippen molar-refractivity contribution >= 4 is 11.6 Å². The van der Waals surface area contributed by atoms with E-state index >= 15 is 0 Å². The summed E-state index contributed by atoms with van der Waals surface area (Å²) in [4.78, 5) is 14.5. The Balaban J connectivity index is 2.04. The van der Waals surface area contributed by atoms with Gasteiger partial charge in [0.05, 0.1) is 25.9 Å². The van der Waals surface area contributed by atoms with Crippen LogP contribution in [0.25, 0.3) is 0 Å². The molecule has 0 aliphatic heterocycles. The number of hydrogen-bond acceptors (Lipinski definition) is 4. The van der Waals surface area contributed by atoms with Gasteiger partial charge < -0.3 is 14.8 Å². The maximum atomic E-state index is 12.5. The second kappa shape index (κ2) is 8.36. The Hall–Kier alpha value is -2.53. The second-order valence-electron chi connectivity index (χ2n) is 5.59. The maximum Gasteiger partial charge on any atom is 0.241 e. The highest BCUT2D eigenvalue weighted by Crippen LogP contribution is 2.24. The summed E-state index contributed by atoms with van der Waals surface area (Å²) in [5.74, 6) is 1.38. The lowest BCUT2D eigenvalue weighted by Gasteiger charge is -2.25. The summed E-state index contributed by atoms with van der Waals surface area (Å²) >= 11 is 0. The van der Waals surface area contributed by atoms with E-state index in [9.17, 15) is 4.79 Å². The van der Waals surface area contributed by atoms with E-state index in [1.165, 1.54) is 0 Å². The van der Waals surface area contributed by atoms with E-state index in [0.29, 0.717) is 18.0 Å². The molecule has 5 heteroatoms. The SMILES string of the molecule is COc1ccccc1CN(C)[C@@H](C)C(=O)Nc1ccccc1OC. The van der Waals surface area contributed by atoms with Gasteiger partial charge >= 0.3 is 0 Å². The predicted molar refractivity (Wildman–Crippen MR) is 95.5 cm³/mol. The zero-order chi connectivity index (χ0) is 17.5. The monoisotopic (exact) mass is 328 g/mol. The minimum Gasteiger partial charge on any atom is -0.496 e. The number of benzene rings is 2. The summed E-state index contributed by atoms with van der Waals surface area (Å²) < 4.78 is 10.6. The zero-order valence-electron chi connectivity index (χ0n) is 14.6. The Kier molecular flexibility index (Phi) is 6.21. The molecule has 2 rings (SSSR count). The maximum absolute atomic E-state index is 12.5. The second-order valence-corrected chi connectivity index (χ2v) is 5.59. The van der Waals surface area contributed by atoms with Gasteiger partial charge in [0.1, 0.15) is 11.5 Å².